The number of hydrogen-bond donors (Lipinski definition) is 1. The second-order valence-electron chi connectivity index (χ2n) is 6.11. The number of carbonyl (C=O) groups excluding carboxylic acids is 1. The Hall–Kier alpha value is -2.34. The highest BCUT2D eigenvalue weighted by Crippen LogP contribution is 2.25. The van der Waals surface area contributed by atoms with Crippen LogP contribution in [0.2, 0.25) is 0 Å². The summed E-state index contributed by atoms with van der Waals surface area (Å²) in [5.74, 6) is 0.612. The number of urea groups is 1. The molecule has 130 valence electrons. The number of ether oxygens (including phenoxy) is 1. The van der Waals surface area contributed by atoms with Gasteiger partial charge in [-0.1, -0.05) is 17.3 Å². The Morgan fingerprint density at radius 1 is 1.33 bits per heavy atom. The molecule has 1 heterocycles. The molecule has 0 saturated carbocycles. The third-order valence-electron chi connectivity index (χ3n) is 3.90. The Morgan fingerprint density at radius 3 is 2.62 bits per heavy atom. The van der Waals surface area contributed by atoms with Crippen LogP contribution in [0.15, 0.2) is 22.7 Å². The fourth-order valence-corrected chi connectivity index (χ4v) is 2.49. The number of amides is 2. The molecule has 1 aromatic heterocycles. The number of aromatic nitrogens is 1. The Morgan fingerprint density at radius 2 is 2.04 bits per heavy atom. The zero-order chi connectivity index (χ0) is 17.9. The molecule has 6 nitrogen and oxygen atoms in total. The van der Waals surface area contributed by atoms with Crippen LogP contribution < -0.4 is 10.2 Å². The molecule has 0 spiro atoms. The number of anilines is 2. The van der Waals surface area contributed by atoms with Gasteiger partial charge in [0.05, 0.1) is 12.7 Å². The first-order chi connectivity index (χ1) is 11.3. The van der Waals surface area contributed by atoms with E-state index in [9.17, 15) is 4.79 Å². The quantitative estimate of drug-likeness (QED) is 0.892. The van der Waals surface area contributed by atoms with Gasteiger partial charge in [0.1, 0.15) is 11.4 Å². The molecule has 0 fully saturated rings. The molecule has 0 aliphatic heterocycles. The lowest BCUT2D eigenvalue weighted by atomic mass is 10.1. The number of nitrogens with one attached hydrogen (secondary N) is 1. The lowest BCUT2D eigenvalue weighted by Gasteiger charge is -2.19. The van der Waals surface area contributed by atoms with E-state index in [0.29, 0.717) is 23.7 Å². The number of aryl methyl sites for hydroxylation is 2. The van der Waals surface area contributed by atoms with Gasteiger partial charge in [-0.2, -0.15) is 0 Å². The molecule has 2 aromatic rings. The Kier molecular flexibility index (Phi) is 5.62. The van der Waals surface area contributed by atoms with Crippen molar-refractivity contribution in [1.82, 2.24) is 5.16 Å². The maximum absolute atomic E-state index is 12.6. The van der Waals surface area contributed by atoms with Crippen LogP contribution in [-0.4, -0.2) is 24.3 Å². The minimum Gasteiger partial charge on any atom is -0.374 e. The van der Waals surface area contributed by atoms with Gasteiger partial charge in [0.25, 0.3) is 0 Å². The molecule has 0 bridgehead atoms. The molecule has 0 radical (unpaired) electrons. The second-order valence-corrected chi connectivity index (χ2v) is 6.11. The number of carbonyl (C=O) groups is 1. The fraction of sp³-hybridized carbons (Fsp3) is 0.444. The van der Waals surface area contributed by atoms with E-state index in [2.05, 4.69) is 10.5 Å². The maximum atomic E-state index is 12.6. The van der Waals surface area contributed by atoms with Crippen molar-refractivity contribution in [3.63, 3.8) is 0 Å². The molecular weight excluding hydrogens is 306 g/mol. The minimum atomic E-state index is -0.241. The summed E-state index contributed by atoms with van der Waals surface area (Å²) >= 11 is 0. The van der Waals surface area contributed by atoms with Crippen LogP contribution >= 0.6 is 0 Å². The Bertz CT molecular complexity index is 703. The van der Waals surface area contributed by atoms with Crippen LogP contribution in [0.4, 0.5) is 16.2 Å². The smallest absolute Gasteiger partial charge is 0.326 e. The van der Waals surface area contributed by atoms with Crippen molar-refractivity contribution in [2.75, 3.05) is 17.3 Å². The molecule has 2 amide bonds. The van der Waals surface area contributed by atoms with Gasteiger partial charge in [-0.3, -0.25) is 4.90 Å². The van der Waals surface area contributed by atoms with E-state index in [4.69, 9.17) is 9.26 Å². The van der Waals surface area contributed by atoms with Crippen LogP contribution in [0.5, 0.6) is 0 Å². The van der Waals surface area contributed by atoms with Crippen LogP contribution in [0, 0.1) is 20.8 Å². The van der Waals surface area contributed by atoms with E-state index in [0.717, 1.165) is 16.8 Å². The first-order valence-corrected chi connectivity index (χ1v) is 7.99. The van der Waals surface area contributed by atoms with Gasteiger partial charge in [0.15, 0.2) is 5.76 Å². The monoisotopic (exact) mass is 331 g/mol. The van der Waals surface area contributed by atoms with E-state index in [1.165, 1.54) is 4.90 Å². The van der Waals surface area contributed by atoms with Crippen molar-refractivity contribution in [3.05, 3.63) is 40.8 Å². The van der Waals surface area contributed by atoms with E-state index in [-0.39, 0.29) is 12.1 Å². The molecule has 0 aliphatic rings. The lowest BCUT2D eigenvalue weighted by molar-refractivity contribution is 0.0654. The first kappa shape index (κ1) is 18.0. The van der Waals surface area contributed by atoms with Crippen LogP contribution in [-0.2, 0) is 11.3 Å². The van der Waals surface area contributed by atoms with E-state index >= 15 is 0 Å². The summed E-state index contributed by atoms with van der Waals surface area (Å²) in [6.45, 7) is 10.1. The summed E-state index contributed by atoms with van der Waals surface area (Å²) in [4.78, 5) is 14.1. The normalized spacial score (nSPS) is 11.0. The topological polar surface area (TPSA) is 67.6 Å². The number of hydrogen-bond acceptors (Lipinski definition) is 4. The maximum Gasteiger partial charge on any atom is 0.326 e. The Labute approximate surface area is 142 Å². The predicted molar refractivity (Wildman–Crippen MR) is 94.5 cm³/mol. The third kappa shape index (κ3) is 3.94. The second kappa shape index (κ2) is 7.49. The van der Waals surface area contributed by atoms with E-state index < -0.39 is 0 Å². The van der Waals surface area contributed by atoms with Gasteiger partial charge in [-0.15, -0.1) is 0 Å². The molecule has 0 aliphatic carbocycles. The summed E-state index contributed by atoms with van der Waals surface area (Å²) in [5, 5.41) is 6.83. The molecular formula is C18H25N3O3. The first-order valence-electron chi connectivity index (χ1n) is 7.99. The van der Waals surface area contributed by atoms with Crippen LogP contribution in [0.1, 0.15) is 36.4 Å². The highest BCUT2D eigenvalue weighted by atomic mass is 16.5. The molecule has 2 rings (SSSR count). The summed E-state index contributed by atoms with van der Waals surface area (Å²) in [7, 11) is 1.70. The zero-order valence-corrected chi connectivity index (χ0v) is 15.1. The SMILES string of the molecule is Cc1noc(C)c1N(C)C(=O)Nc1cccc(COC(C)C)c1C. The minimum absolute atomic E-state index is 0.160. The average Bonchev–Trinajstić information content (AvgIpc) is 2.86. The summed E-state index contributed by atoms with van der Waals surface area (Å²) < 4.78 is 10.8. The third-order valence-corrected chi connectivity index (χ3v) is 3.90. The van der Waals surface area contributed by atoms with Crippen molar-refractivity contribution < 1.29 is 14.1 Å². The molecule has 24 heavy (non-hydrogen) atoms. The van der Waals surface area contributed by atoms with Crippen molar-refractivity contribution in [2.45, 2.75) is 47.3 Å². The molecule has 0 unspecified atom stereocenters. The van der Waals surface area contributed by atoms with Crippen LogP contribution in [0.25, 0.3) is 0 Å². The van der Waals surface area contributed by atoms with Gasteiger partial charge >= 0.3 is 6.03 Å². The average molecular weight is 331 g/mol. The number of rotatable bonds is 5. The molecule has 0 atom stereocenters. The van der Waals surface area contributed by atoms with E-state index in [1.54, 1.807) is 14.0 Å². The van der Waals surface area contributed by atoms with Gasteiger partial charge in [-0.25, -0.2) is 4.79 Å². The molecule has 1 aromatic carbocycles. The van der Waals surface area contributed by atoms with Crippen molar-refractivity contribution in [2.24, 2.45) is 0 Å². The van der Waals surface area contributed by atoms with Gasteiger partial charge in [0, 0.05) is 12.7 Å². The number of nitrogens with zero attached hydrogens (tertiary/aromatic N) is 2. The largest absolute Gasteiger partial charge is 0.374 e. The summed E-state index contributed by atoms with van der Waals surface area (Å²) in [6.07, 6.45) is 0.160. The van der Waals surface area contributed by atoms with E-state index in [1.807, 2.05) is 45.9 Å². The molecule has 6 heteroatoms. The molecule has 1 N–H and O–H groups in total. The predicted octanol–water partition coefficient (Wildman–Crippen LogP) is 4.19. The number of benzene rings is 1. The van der Waals surface area contributed by atoms with Crippen molar-refractivity contribution in [1.29, 1.82) is 0 Å². The van der Waals surface area contributed by atoms with Gasteiger partial charge in [0.2, 0.25) is 0 Å². The standard InChI is InChI=1S/C18H25N3O3/c1-11(2)23-10-15-8-7-9-16(12(15)3)19-18(22)21(6)17-13(4)20-24-14(17)5/h7-9,11H,10H2,1-6H3,(H,19,22). The van der Waals surface area contributed by atoms with Gasteiger partial charge < -0.3 is 14.6 Å². The van der Waals surface area contributed by atoms with Crippen molar-refractivity contribution in [3.8, 4) is 0 Å². The zero-order valence-electron chi connectivity index (χ0n) is 15.1. The summed E-state index contributed by atoms with van der Waals surface area (Å²) in [5.41, 5.74) is 4.19. The van der Waals surface area contributed by atoms with Crippen LogP contribution in [0.3, 0.4) is 0 Å². The fourth-order valence-electron chi connectivity index (χ4n) is 2.49. The highest BCUT2D eigenvalue weighted by Gasteiger charge is 2.20. The molecule has 0 saturated heterocycles. The lowest BCUT2D eigenvalue weighted by Crippen LogP contribution is -2.32. The van der Waals surface area contributed by atoms with Crippen molar-refractivity contribution >= 4 is 17.4 Å². The van der Waals surface area contributed by atoms with Gasteiger partial charge in [-0.05, 0) is 51.8 Å². The highest BCUT2D eigenvalue weighted by molar-refractivity contribution is 6.02. The Balaban J connectivity index is 2.16. The summed E-state index contributed by atoms with van der Waals surface area (Å²) in [6, 6.07) is 5.56.